The molecule has 31 heavy (non-hydrogen) atoms. The molecule has 1 aliphatic heterocycles. The Balaban J connectivity index is 1.60. The number of thiazole rings is 1. The molecule has 0 atom stereocenters. The highest BCUT2D eigenvalue weighted by atomic mass is 32.2. The summed E-state index contributed by atoms with van der Waals surface area (Å²) in [6.07, 6.45) is 0. The van der Waals surface area contributed by atoms with Gasteiger partial charge in [0.25, 0.3) is 15.9 Å². The molecule has 11 heteroatoms. The number of nitrogens with zero attached hydrogens (tertiary/aromatic N) is 2. The predicted octanol–water partition coefficient (Wildman–Crippen LogP) is 2.73. The zero-order valence-corrected chi connectivity index (χ0v) is 17.9. The van der Waals surface area contributed by atoms with Crippen molar-refractivity contribution in [2.45, 2.75) is 11.8 Å². The number of nitrogens with one attached hydrogen (secondary N) is 1. The molecule has 0 saturated carbocycles. The maximum Gasteiger partial charge on any atom is 0.323 e. The van der Waals surface area contributed by atoms with Crippen LogP contribution in [0.5, 0.6) is 5.75 Å². The lowest BCUT2D eigenvalue weighted by atomic mass is 10.1. The summed E-state index contributed by atoms with van der Waals surface area (Å²) in [7, 11) is -3.99. The first-order chi connectivity index (χ1) is 14.7. The number of anilines is 2. The standard InChI is InChI=1S/C20H17N3O6S2/c1-12-21-16(11-30-12)13-2-4-14(5-3-13)22-31(27,28)15-6-7-18-17(8-15)23(9-20(25)26)19(24)10-29-18/h2-8,11,22H,9-10H2,1H3,(H,25,26). The molecule has 0 aliphatic carbocycles. The van der Waals surface area contributed by atoms with Crippen LogP contribution >= 0.6 is 11.3 Å². The molecule has 0 radical (unpaired) electrons. The van der Waals surface area contributed by atoms with Crippen LogP contribution in [0.3, 0.4) is 0 Å². The van der Waals surface area contributed by atoms with E-state index in [4.69, 9.17) is 9.84 Å². The molecule has 0 fully saturated rings. The number of carbonyl (C=O) groups excluding carboxylic acids is 1. The van der Waals surface area contributed by atoms with Gasteiger partial charge in [0.1, 0.15) is 12.3 Å². The molecule has 1 aliphatic rings. The fourth-order valence-electron chi connectivity index (χ4n) is 3.08. The van der Waals surface area contributed by atoms with Crippen molar-refractivity contribution >= 4 is 44.6 Å². The Kier molecular flexibility index (Phi) is 5.38. The second-order valence-corrected chi connectivity index (χ2v) is 9.47. The lowest BCUT2D eigenvalue weighted by Gasteiger charge is -2.28. The minimum absolute atomic E-state index is 0.0933. The monoisotopic (exact) mass is 459 g/mol. The van der Waals surface area contributed by atoms with Crippen molar-refractivity contribution in [3.63, 3.8) is 0 Å². The van der Waals surface area contributed by atoms with Gasteiger partial charge < -0.3 is 9.84 Å². The summed E-state index contributed by atoms with van der Waals surface area (Å²) in [4.78, 5) is 28.4. The van der Waals surface area contributed by atoms with Crippen LogP contribution in [0.4, 0.5) is 11.4 Å². The number of sulfonamides is 1. The topological polar surface area (TPSA) is 126 Å². The Hall–Kier alpha value is -3.44. The van der Waals surface area contributed by atoms with Gasteiger partial charge >= 0.3 is 5.97 Å². The fraction of sp³-hybridized carbons (Fsp3) is 0.150. The van der Waals surface area contributed by atoms with E-state index in [-0.39, 0.29) is 22.9 Å². The normalized spacial score (nSPS) is 13.5. The number of amides is 1. The highest BCUT2D eigenvalue weighted by Crippen LogP contribution is 2.34. The van der Waals surface area contributed by atoms with E-state index in [1.165, 1.54) is 29.5 Å². The minimum atomic E-state index is -3.99. The van der Waals surface area contributed by atoms with Crippen molar-refractivity contribution in [2.24, 2.45) is 0 Å². The number of hydrogen-bond donors (Lipinski definition) is 2. The zero-order valence-electron chi connectivity index (χ0n) is 16.2. The van der Waals surface area contributed by atoms with Gasteiger partial charge in [-0.3, -0.25) is 19.2 Å². The molecule has 0 saturated heterocycles. The molecule has 0 unspecified atom stereocenters. The molecular formula is C20H17N3O6S2. The molecule has 3 aromatic rings. The van der Waals surface area contributed by atoms with Gasteiger partial charge in [0.15, 0.2) is 6.61 Å². The van der Waals surface area contributed by atoms with Crippen LogP contribution in [0.15, 0.2) is 52.7 Å². The molecular weight excluding hydrogens is 442 g/mol. The molecule has 1 amide bonds. The smallest absolute Gasteiger partial charge is 0.323 e. The summed E-state index contributed by atoms with van der Waals surface area (Å²) in [5.41, 5.74) is 2.12. The van der Waals surface area contributed by atoms with Crippen LogP contribution in [0.1, 0.15) is 5.01 Å². The summed E-state index contributed by atoms with van der Waals surface area (Å²) < 4.78 is 33.5. The molecule has 1 aromatic heterocycles. The average molecular weight is 460 g/mol. The van der Waals surface area contributed by atoms with E-state index in [0.717, 1.165) is 21.2 Å². The third-order valence-corrected chi connectivity index (χ3v) is 6.68. The molecule has 0 bridgehead atoms. The van der Waals surface area contributed by atoms with Crippen molar-refractivity contribution in [3.05, 3.63) is 52.9 Å². The number of ether oxygens (including phenoxy) is 1. The highest BCUT2D eigenvalue weighted by molar-refractivity contribution is 7.92. The fourth-order valence-corrected chi connectivity index (χ4v) is 4.78. The van der Waals surface area contributed by atoms with Gasteiger partial charge in [-0.2, -0.15) is 0 Å². The number of carboxylic acid groups (broad SMARTS) is 1. The maximum absolute atomic E-state index is 12.9. The lowest BCUT2D eigenvalue weighted by molar-refractivity contribution is -0.137. The van der Waals surface area contributed by atoms with Crippen molar-refractivity contribution < 1.29 is 27.9 Å². The molecule has 160 valence electrons. The second-order valence-electron chi connectivity index (χ2n) is 6.73. The number of fused-ring (bicyclic) bond motifs is 1. The Morgan fingerprint density at radius 2 is 2.00 bits per heavy atom. The Morgan fingerprint density at radius 3 is 2.65 bits per heavy atom. The number of rotatable bonds is 6. The third kappa shape index (κ3) is 4.37. The number of carbonyl (C=O) groups is 2. The van der Waals surface area contributed by atoms with Gasteiger partial charge in [0.2, 0.25) is 0 Å². The molecule has 2 N–H and O–H groups in total. The van der Waals surface area contributed by atoms with Gasteiger partial charge in [-0.05, 0) is 37.3 Å². The van der Waals surface area contributed by atoms with E-state index >= 15 is 0 Å². The van der Waals surface area contributed by atoms with E-state index < -0.39 is 28.4 Å². The van der Waals surface area contributed by atoms with E-state index in [1.807, 2.05) is 12.3 Å². The number of benzene rings is 2. The van der Waals surface area contributed by atoms with E-state index in [1.54, 1.807) is 24.3 Å². The van der Waals surface area contributed by atoms with Crippen molar-refractivity contribution in [3.8, 4) is 17.0 Å². The van der Waals surface area contributed by atoms with Crippen molar-refractivity contribution in [1.29, 1.82) is 0 Å². The number of aryl methyl sites for hydroxylation is 1. The Bertz CT molecular complexity index is 1270. The summed E-state index contributed by atoms with van der Waals surface area (Å²) in [5.74, 6) is -1.55. The van der Waals surface area contributed by atoms with Gasteiger partial charge in [-0.15, -0.1) is 11.3 Å². The number of aliphatic carboxylic acids is 1. The van der Waals surface area contributed by atoms with Gasteiger partial charge in [0.05, 0.1) is 21.3 Å². The summed E-state index contributed by atoms with van der Waals surface area (Å²) in [6.45, 7) is 1.00. The van der Waals surface area contributed by atoms with E-state index in [9.17, 15) is 18.0 Å². The number of carboxylic acids is 1. The maximum atomic E-state index is 12.9. The summed E-state index contributed by atoms with van der Waals surface area (Å²) >= 11 is 1.53. The number of hydrogen-bond acceptors (Lipinski definition) is 7. The van der Waals surface area contributed by atoms with Crippen molar-refractivity contribution in [1.82, 2.24) is 4.98 Å². The predicted molar refractivity (Wildman–Crippen MR) is 115 cm³/mol. The van der Waals surface area contributed by atoms with Crippen LogP contribution < -0.4 is 14.4 Å². The average Bonchev–Trinajstić information content (AvgIpc) is 3.16. The first kappa shape index (κ1) is 20.8. The summed E-state index contributed by atoms with van der Waals surface area (Å²) in [6, 6.07) is 10.7. The van der Waals surface area contributed by atoms with E-state index in [0.29, 0.717) is 5.69 Å². The second kappa shape index (κ2) is 8.00. The third-order valence-electron chi connectivity index (χ3n) is 4.53. The van der Waals surface area contributed by atoms with Crippen LogP contribution in [0.2, 0.25) is 0 Å². The van der Waals surface area contributed by atoms with Crippen molar-refractivity contribution in [2.75, 3.05) is 22.8 Å². The van der Waals surface area contributed by atoms with Gasteiger partial charge in [0, 0.05) is 16.6 Å². The first-order valence-electron chi connectivity index (χ1n) is 9.07. The van der Waals surface area contributed by atoms with Crippen LogP contribution in [0, 0.1) is 6.92 Å². The van der Waals surface area contributed by atoms with Crippen LogP contribution in [0.25, 0.3) is 11.3 Å². The van der Waals surface area contributed by atoms with Gasteiger partial charge in [-0.1, -0.05) is 12.1 Å². The Labute approximate surface area is 182 Å². The minimum Gasteiger partial charge on any atom is -0.482 e. The largest absolute Gasteiger partial charge is 0.482 e. The van der Waals surface area contributed by atoms with Crippen LogP contribution in [-0.4, -0.2) is 43.5 Å². The molecule has 9 nitrogen and oxygen atoms in total. The summed E-state index contributed by atoms with van der Waals surface area (Å²) in [5, 5.41) is 11.9. The first-order valence-corrected chi connectivity index (χ1v) is 11.4. The highest BCUT2D eigenvalue weighted by Gasteiger charge is 2.29. The Morgan fingerprint density at radius 1 is 1.26 bits per heavy atom. The van der Waals surface area contributed by atoms with E-state index in [2.05, 4.69) is 9.71 Å². The quantitative estimate of drug-likeness (QED) is 0.580. The molecule has 2 heterocycles. The molecule has 0 spiro atoms. The molecule has 2 aromatic carbocycles. The zero-order chi connectivity index (χ0) is 22.2. The SMILES string of the molecule is Cc1nc(-c2ccc(NS(=O)(=O)c3ccc4c(c3)N(CC(=O)O)C(=O)CO4)cc2)cs1. The van der Waals surface area contributed by atoms with Gasteiger partial charge in [-0.25, -0.2) is 13.4 Å². The molecule has 4 rings (SSSR count). The lowest BCUT2D eigenvalue weighted by Crippen LogP contribution is -2.42. The number of aromatic nitrogens is 1. The van der Waals surface area contributed by atoms with Crippen LogP contribution in [-0.2, 0) is 19.6 Å².